The number of pyridine rings is 1. The van der Waals surface area contributed by atoms with Crippen molar-refractivity contribution in [3.63, 3.8) is 0 Å². The number of hydrogen-bond acceptors (Lipinski definition) is 5. The fourth-order valence-electron chi connectivity index (χ4n) is 3.46. The number of methoxy groups -OCH3 is 2. The molecule has 1 aromatic heterocycles. The third-order valence-corrected chi connectivity index (χ3v) is 4.38. The zero-order valence-electron chi connectivity index (χ0n) is 13.9. The summed E-state index contributed by atoms with van der Waals surface area (Å²) in [7, 11) is 3.04. The monoisotopic (exact) mass is 348 g/mol. The summed E-state index contributed by atoms with van der Waals surface area (Å²) in [5.74, 6) is -0.641. The number of nitrogens with zero attached hydrogens (tertiary/aromatic N) is 2. The molecule has 0 aromatic carbocycles. The van der Waals surface area contributed by atoms with Crippen LogP contribution >= 0.6 is 0 Å². The van der Waals surface area contributed by atoms with Crippen LogP contribution in [0.3, 0.4) is 0 Å². The predicted octanol–water partition coefficient (Wildman–Crippen LogP) is 3.25. The molecule has 0 amide bonds. The third-order valence-electron chi connectivity index (χ3n) is 4.38. The van der Waals surface area contributed by atoms with Crippen LogP contribution in [0.25, 0.3) is 0 Å². The van der Waals surface area contributed by atoms with E-state index in [9.17, 15) is 13.2 Å². The largest absolute Gasteiger partial charge is 0.573 e. The van der Waals surface area contributed by atoms with Crippen molar-refractivity contribution in [3.05, 3.63) is 18.3 Å². The van der Waals surface area contributed by atoms with Crippen molar-refractivity contribution in [2.24, 2.45) is 0 Å². The van der Waals surface area contributed by atoms with Gasteiger partial charge in [-0.1, -0.05) is 0 Å². The first kappa shape index (κ1) is 18.8. The van der Waals surface area contributed by atoms with E-state index in [4.69, 9.17) is 4.74 Å². The summed E-state index contributed by atoms with van der Waals surface area (Å²) in [6.07, 6.45) is 2.06. The smallest absolute Gasteiger partial charge is 0.478 e. The number of alkyl halides is 3. The Morgan fingerprint density at radius 1 is 1.21 bits per heavy atom. The lowest BCUT2D eigenvalue weighted by Gasteiger charge is -2.30. The number of aromatic nitrogens is 1. The van der Waals surface area contributed by atoms with E-state index in [0.717, 1.165) is 12.7 Å². The Kier molecular flexibility index (Phi) is 6.28. The average molecular weight is 348 g/mol. The van der Waals surface area contributed by atoms with Crippen LogP contribution in [0.1, 0.15) is 25.7 Å². The Morgan fingerprint density at radius 2 is 1.88 bits per heavy atom. The summed E-state index contributed by atoms with van der Waals surface area (Å²) in [5.41, 5.74) is 0.467. The molecule has 2 aliphatic rings. The summed E-state index contributed by atoms with van der Waals surface area (Å²) >= 11 is 0. The molecule has 0 unspecified atom stereocenters. The van der Waals surface area contributed by atoms with Crippen LogP contribution in [-0.4, -0.2) is 55.7 Å². The molecule has 0 aliphatic carbocycles. The Hall–Kier alpha value is -1.54. The number of rotatable bonds is 4. The molecule has 3 heterocycles. The van der Waals surface area contributed by atoms with E-state index < -0.39 is 12.1 Å². The molecular weight excluding hydrogens is 325 g/mol. The zero-order valence-corrected chi connectivity index (χ0v) is 13.9. The van der Waals surface area contributed by atoms with Gasteiger partial charge in [0, 0.05) is 18.8 Å². The van der Waals surface area contributed by atoms with E-state index in [1.165, 1.54) is 58.1 Å². The normalized spacial score (nSPS) is 19.4. The lowest BCUT2D eigenvalue weighted by atomic mass is 9.95. The van der Waals surface area contributed by atoms with Crippen molar-refractivity contribution in [1.29, 1.82) is 0 Å². The summed E-state index contributed by atoms with van der Waals surface area (Å²) in [4.78, 5) is 6.16. The van der Waals surface area contributed by atoms with E-state index in [1.807, 2.05) is 7.11 Å². The van der Waals surface area contributed by atoms with Crippen molar-refractivity contribution in [3.8, 4) is 11.6 Å². The molecule has 2 aliphatic heterocycles. The van der Waals surface area contributed by atoms with Crippen molar-refractivity contribution < 1.29 is 27.4 Å². The second-order valence-electron chi connectivity index (χ2n) is 5.91. The van der Waals surface area contributed by atoms with Crippen molar-refractivity contribution >= 4 is 0 Å². The molecule has 2 saturated heterocycles. The van der Waals surface area contributed by atoms with Crippen LogP contribution in [-0.2, 0) is 4.74 Å². The fraction of sp³-hybridized carbons (Fsp3) is 0.688. The van der Waals surface area contributed by atoms with Crippen LogP contribution in [0.4, 0.5) is 13.2 Å². The molecule has 0 atom stereocenters. The Labute approximate surface area is 139 Å². The van der Waals surface area contributed by atoms with E-state index in [2.05, 4.69) is 19.4 Å². The summed E-state index contributed by atoms with van der Waals surface area (Å²) in [6, 6.07) is 2.45. The molecule has 0 bridgehead atoms. The second-order valence-corrected chi connectivity index (χ2v) is 5.91. The van der Waals surface area contributed by atoms with Gasteiger partial charge in [0.25, 0.3) is 5.88 Å². The van der Waals surface area contributed by atoms with Gasteiger partial charge in [0.1, 0.15) is 0 Å². The first-order chi connectivity index (χ1) is 11.4. The lowest BCUT2D eigenvalue weighted by molar-refractivity contribution is -0.275. The molecule has 136 valence electrons. The minimum Gasteiger partial charge on any atom is -0.478 e. The first-order valence-electron chi connectivity index (χ1n) is 7.89. The minimum atomic E-state index is -4.73. The van der Waals surface area contributed by atoms with Crippen LogP contribution in [0.5, 0.6) is 11.6 Å². The highest BCUT2D eigenvalue weighted by atomic mass is 19.4. The van der Waals surface area contributed by atoms with Gasteiger partial charge in [0.05, 0.1) is 13.7 Å². The Balaban J connectivity index is 0.000000175. The van der Waals surface area contributed by atoms with E-state index >= 15 is 0 Å². The second kappa shape index (κ2) is 8.02. The molecule has 0 N–H and O–H groups in total. The SMILES string of the molecule is COCC12CCCN1CCC2.COc1ncccc1OC(F)(F)F. The highest BCUT2D eigenvalue weighted by molar-refractivity contribution is 5.32. The van der Waals surface area contributed by atoms with Gasteiger partial charge in [0.2, 0.25) is 0 Å². The van der Waals surface area contributed by atoms with Crippen LogP contribution in [0.2, 0.25) is 0 Å². The van der Waals surface area contributed by atoms with Crippen LogP contribution < -0.4 is 9.47 Å². The predicted molar refractivity (Wildman–Crippen MR) is 82.1 cm³/mol. The van der Waals surface area contributed by atoms with Gasteiger partial charge in [-0.25, -0.2) is 4.98 Å². The minimum absolute atomic E-state index is 0.195. The Morgan fingerprint density at radius 3 is 2.42 bits per heavy atom. The summed E-state index contributed by atoms with van der Waals surface area (Å²) in [5, 5.41) is 0. The molecule has 0 spiro atoms. The number of ether oxygens (including phenoxy) is 3. The van der Waals surface area contributed by atoms with Crippen molar-refractivity contribution in [1.82, 2.24) is 9.88 Å². The van der Waals surface area contributed by atoms with E-state index in [1.54, 1.807) is 0 Å². The molecule has 2 fully saturated rings. The van der Waals surface area contributed by atoms with Gasteiger partial charge in [-0.05, 0) is 50.9 Å². The topological polar surface area (TPSA) is 43.8 Å². The zero-order chi connectivity index (χ0) is 17.6. The van der Waals surface area contributed by atoms with Crippen molar-refractivity contribution in [2.45, 2.75) is 37.6 Å². The highest BCUT2D eigenvalue weighted by Crippen LogP contribution is 2.38. The Bertz CT molecular complexity index is 516. The molecule has 8 heteroatoms. The highest BCUT2D eigenvalue weighted by Gasteiger charge is 2.43. The number of halogens is 3. The lowest BCUT2D eigenvalue weighted by Crippen LogP contribution is -2.42. The molecule has 0 saturated carbocycles. The van der Waals surface area contributed by atoms with Gasteiger partial charge in [0.15, 0.2) is 5.75 Å². The molecule has 0 radical (unpaired) electrons. The van der Waals surface area contributed by atoms with Gasteiger partial charge in [-0.2, -0.15) is 0 Å². The summed E-state index contributed by atoms with van der Waals surface area (Å²) in [6.45, 7) is 3.57. The fourth-order valence-corrected chi connectivity index (χ4v) is 3.46. The molecule has 24 heavy (non-hydrogen) atoms. The maximum Gasteiger partial charge on any atom is 0.573 e. The molecular formula is C16H23F3N2O3. The first-order valence-corrected chi connectivity index (χ1v) is 7.89. The van der Waals surface area contributed by atoms with Gasteiger partial charge < -0.3 is 14.2 Å². The number of hydrogen-bond donors (Lipinski definition) is 0. The quantitative estimate of drug-likeness (QED) is 0.836. The van der Waals surface area contributed by atoms with Crippen molar-refractivity contribution in [2.75, 3.05) is 33.9 Å². The maximum absolute atomic E-state index is 11.8. The average Bonchev–Trinajstić information content (AvgIpc) is 3.07. The van der Waals surface area contributed by atoms with Gasteiger partial charge in [-0.3, -0.25) is 4.90 Å². The molecule has 1 aromatic rings. The van der Waals surface area contributed by atoms with E-state index in [0.29, 0.717) is 5.54 Å². The van der Waals surface area contributed by atoms with Gasteiger partial charge in [-0.15, -0.1) is 13.2 Å². The van der Waals surface area contributed by atoms with Crippen LogP contribution in [0.15, 0.2) is 18.3 Å². The van der Waals surface area contributed by atoms with E-state index in [-0.39, 0.29) is 5.88 Å². The standard InChI is InChI=1S/C9H17NO.C7H6F3NO2/c1-11-8-9-4-2-6-10(9)7-3-5-9;1-12-6-5(3-2-4-11-6)13-7(8,9)10/h2-8H2,1H3;2-4H,1H3. The van der Waals surface area contributed by atoms with Gasteiger partial charge >= 0.3 is 6.36 Å². The van der Waals surface area contributed by atoms with Crippen LogP contribution in [0, 0.1) is 0 Å². The molecule has 5 nitrogen and oxygen atoms in total. The maximum atomic E-state index is 11.8. The summed E-state index contributed by atoms with van der Waals surface area (Å²) < 4.78 is 48.7. The molecule has 3 rings (SSSR count). The number of fused-ring (bicyclic) bond motifs is 1. The third kappa shape index (κ3) is 4.73.